The molecule has 18 heavy (non-hydrogen) atoms. The molecule has 0 amide bonds. The summed E-state index contributed by atoms with van der Waals surface area (Å²) in [5.41, 5.74) is 2.93. The molecule has 0 aliphatic carbocycles. The summed E-state index contributed by atoms with van der Waals surface area (Å²) in [4.78, 5) is 13.4. The minimum Gasteiger partial charge on any atom is -0.478 e. The maximum atomic E-state index is 10.9. The molecule has 1 aliphatic heterocycles. The van der Waals surface area contributed by atoms with Crippen molar-refractivity contribution in [2.45, 2.75) is 45.7 Å². The van der Waals surface area contributed by atoms with Gasteiger partial charge in [0.25, 0.3) is 0 Å². The lowest BCUT2D eigenvalue weighted by atomic mass is 10.00. The van der Waals surface area contributed by atoms with Gasteiger partial charge in [0.1, 0.15) is 0 Å². The normalized spacial score (nSPS) is 19.1. The van der Waals surface area contributed by atoms with Crippen molar-refractivity contribution in [1.82, 2.24) is 4.90 Å². The number of aromatic carboxylic acids is 1. The summed E-state index contributed by atoms with van der Waals surface area (Å²) in [5, 5.41) is 8.96. The molecule has 3 heteroatoms. The molecule has 1 fully saturated rings. The maximum absolute atomic E-state index is 10.9. The number of hydrogen-bond acceptors (Lipinski definition) is 2. The summed E-state index contributed by atoms with van der Waals surface area (Å²) in [5.74, 6) is -0.855. The Morgan fingerprint density at radius 3 is 2.67 bits per heavy atom. The molecular weight excluding hydrogens is 226 g/mol. The zero-order valence-electron chi connectivity index (χ0n) is 11.4. The molecule has 3 nitrogen and oxygen atoms in total. The molecule has 0 unspecified atom stereocenters. The smallest absolute Gasteiger partial charge is 0.335 e. The molecule has 0 saturated carbocycles. The first-order chi connectivity index (χ1) is 8.40. The Hall–Kier alpha value is -1.35. The van der Waals surface area contributed by atoms with Gasteiger partial charge in [-0.2, -0.15) is 0 Å². The van der Waals surface area contributed by atoms with Crippen molar-refractivity contribution in [1.29, 1.82) is 0 Å². The van der Waals surface area contributed by atoms with E-state index < -0.39 is 5.97 Å². The molecule has 1 saturated heterocycles. The molecule has 0 bridgehead atoms. The summed E-state index contributed by atoms with van der Waals surface area (Å²) in [6.07, 6.45) is 2.48. The number of carboxylic acids is 1. The minimum absolute atomic E-state index is 0.262. The Morgan fingerprint density at radius 1 is 1.44 bits per heavy atom. The van der Waals surface area contributed by atoms with Gasteiger partial charge in [0, 0.05) is 12.1 Å². The van der Waals surface area contributed by atoms with Crippen LogP contribution in [0.15, 0.2) is 18.2 Å². The van der Waals surface area contributed by atoms with E-state index in [1.165, 1.54) is 18.4 Å². The summed E-state index contributed by atoms with van der Waals surface area (Å²) < 4.78 is 0. The topological polar surface area (TPSA) is 40.5 Å². The average Bonchev–Trinajstić information content (AvgIpc) is 2.61. The van der Waals surface area contributed by atoms with Crippen molar-refractivity contribution in [2.24, 2.45) is 0 Å². The van der Waals surface area contributed by atoms with E-state index in [0.29, 0.717) is 5.56 Å². The number of likely N-dealkylation sites (tertiary alicyclic amines) is 1. The molecule has 0 atom stereocenters. The van der Waals surface area contributed by atoms with Gasteiger partial charge in [-0.05, 0) is 63.4 Å². The van der Waals surface area contributed by atoms with Crippen LogP contribution >= 0.6 is 0 Å². The van der Waals surface area contributed by atoms with Gasteiger partial charge in [0.2, 0.25) is 0 Å². The Balaban J connectivity index is 2.17. The second-order valence-corrected chi connectivity index (χ2v) is 5.78. The summed E-state index contributed by atoms with van der Waals surface area (Å²) in [7, 11) is 0. The maximum Gasteiger partial charge on any atom is 0.335 e. The molecule has 2 rings (SSSR count). The minimum atomic E-state index is -0.855. The van der Waals surface area contributed by atoms with Crippen molar-refractivity contribution in [2.75, 3.05) is 6.54 Å². The van der Waals surface area contributed by atoms with Crippen molar-refractivity contribution in [3.8, 4) is 0 Å². The Kier molecular flexibility index (Phi) is 3.44. The first kappa shape index (κ1) is 13.1. The predicted molar refractivity (Wildman–Crippen MR) is 71.9 cm³/mol. The first-order valence-electron chi connectivity index (χ1n) is 6.48. The second kappa shape index (κ2) is 4.73. The number of carboxylic acid groups (broad SMARTS) is 1. The fourth-order valence-corrected chi connectivity index (χ4v) is 2.67. The van der Waals surface area contributed by atoms with Crippen molar-refractivity contribution >= 4 is 5.97 Å². The van der Waals surface area contributed by atoms with E-state index in [1.54, 1.807) is 12.1 Å². The molecule has 1 aromatic rings. The SMILES string of the molecule is Cc1cc(C(=O)O)ccc1CN1CCCC1(C)C. The van der Waals surface area contributed by atoms with Crippen LogP contribution in [-0.2, 0) is 6.54 Å². The molecular formula is C15H21NO2. The lowest BCUT2D eigenvalue weighted by molar-refractivity contribution is 0.0696. The highest BCUT2D eigenvalue weighted by atomic mass is 16.4. The van der Waals surface area contributed by atoms with Gasteiger partial charge < -0.3 is 5.11 Å². The number of nitrogens with zero attached hydrogens (tertiary/aromatic N) is 1. The third-order valence-electron chi connectivity index (χ3n) is 4.02. The van der Waals surface area contributed by atoms with E-state index in [9.17, 15) is 4.79 Å². The fourth-order valence-electron chi connectivity index (χ4n) is 2.67. The lowest BCUT2D eigenvalue weighted by Gasteiger charge is -2.32. The molecule has 0 spiro atoms. The predicted octanol–water partition coefficient (Wildman–Crippen LogP) is 3.07. The van der Waals surface area contributed by atoms with Gasteiger partial charge in [0.05, 0.1) is 5.56 Å². The Bertz CT molecular complexity index is 466. The molecule has 0 radical (unpaired) electrons. The van der Waals surface area contributed by atoms with Gasteiger partial charge in [-0.3, -0.25) is 4.90 Å². The highest BCUT2D eigenvalue weighted by Crippen LogP contribution is 2.30. The van der Waals surface area contributed by atoms with Crippen LogP contribution in [0.3, 0.4) is 0 Å². The summed E-state index contributed by atoms with van der Waals surface area (Å²) in [6.45, 7) is 8.60. The van der Waals surface area contributed by atoms with E-state index in [2.05, 4.69) is 18.7 Å². The fraction of sp³-hybridized carbons (Fsp3) is 0.533. The standard InChI is InChI=1S/C15H21NO2/c1-11-9-12(14(17)18)5-6-13(11)10-16-8-4-7-15(16,2)3/h5-6,9H,4,7-8,10H2,1-3H3,(H,17,18). The highest BCUT2D eigenvalue weighted by Gasteiger charge is 2.31. The van der Waals surface area contributed by atoms with Gasteiger partial charge in [-0.25, -0.2) is 4.79 Å². The second-order valence-electron chi connectivity index (χ2n) is 5.78. The summed E-state index contributed by atoms with van der Waals surface area (Å²) in [6, 6.07) is 5.42. The van der Waals surface area contributed by atoms with Crippen LogP contribution in [0.5, 0.6) is 0 Å². The number of hydrogen-bond donors (Lipinski definition) is 1. The number of carbonyl (C=O) groups is 1. The van der Waals surface area contributed by atoms with E-state index in [0.717, 1.165) is 18.7 Å². The quantitative estimate of drug-likeness (QED) is 0.892. The molecule has 98 valence electrons. The lowest BCUT2D eigenvalue weighted by Crippen LogP contribution is -2.37. The van der Waals surface area contributed by atoms with Gasteiger partial charge in [-0.1, -0.05) is 6.07 Å². The summed E-state index contributed by atoms with van der Waals surface area (Å²) >= 11 is 0. The van der Waals surface area contributed by atoms with E-state index >= 15 is 0 Å². The van der Waals surface area contributed by atoms with Crippen molar-refractivity contribution in [3.05, 3.63) is 34.9 Å². The number of aryl methyl sites for hydroxylation is 1. The monoisotopic (exact) mass is 247 g/mol. The zero-order chi connectivity index (χ0) is 13.3. The van der Waals surface area contributed by atoms with Crippen LogP contribution in [0.25, 0.3) is 0 Å². The van der Waals surface area contributed by atoms with Gasteiger partial charge in [0.15, 0.2) is 0 Å². The third-order valence-corrected chi connectivity index (χ3v) is 4.02. The molecule has 1 heterocycles. The van der Waals surface area contributed by atoms with Crippen molar-refractivity contribution < 1.29 is 9.90 Å². The van der Waals surface area contributed by atoms with E-state index in [4.69, 9.17) is 5.11 Å². The largest absolute Gasteiger partial charge is 0.478 e. The van der Waals surface area contributed by atoms with Gasteiger partial charge >= 0.3 is 5.97 Å². The molecule has 1 aliphatic rings. The van der Waals surface area contributed by atoms with Crippen molar-refractivity contribution in [3.63, 3.8) is 0 Å². The molecule has 1 aromatic carbocycles. The number of rotatable bonds is 3. The van der Waals surface area contributed by atoms with Crippen LogP contribution in [0.2, 0.25) is 0 Å². The number of benzene rings is 1. The highest BCUT2D eigenvalue weighted by molar-refractivity contribution is 5.87. The van der Waals surface area contributed by atoms with E-state index in [-0.39, 0.29) is 5.54 Å². The molecule has 1 N–H and O–H groups in total. The van der Waals surface area contributed by atoms with Crippen LogP contribution in [0, 0.1) is 6.92 Å². The Morgan fingerprint density at radius 2 is 2.17 bits per heavy atom. The third kappa shape index (κ3) is 2.56. The Labute approximate surface area is 108 Å². The van der Waals surface area contributed by atoms with Crippen LogP contribution in [-0.4, -0.2) is 28.1 Å². The van der Waals surface area contributed by atoms with Gasteiger partial charge in [-0.15, -0.1) is 0 Å². The molecule has 0 aromatic heterocycles. The van der Waals surface area contributed by atoms with E-state index in [1.807, 2.05) is 13.0 Å². The van der Waals surface area contributed by atoms with Crippen LogP contribution in [0.1, 0.15) is 48.2 Å². The van der Waals surface area contributed by atoms with Crippen LogP contribution < -0.4 is 0 Å². The first-order valence-corrected chi connectivity index (χ1v) is 6.48. The zero-order valence-corrected chi connectivity index (χ0v) is 11.4. The van der Waals surface area contributed by atoms with Crippen LogP contribution in [0.4, 0.5) is 0 Å². The average molecular weight is 247 g/mol.